The zero-order chi connectivity index (χ0) is 12.3. The van der Waals surface area contributed by atoms with Crippen LogP contribution in [0.1, 0.15) is 32.4 Å². The molecule has 0 unspecified atom stereocenters. The van der Waals surface area contributed by atoms with Crippen LogP contribution in [0.2, 0.25) is 0 Å². The molecule has 2 rings (SSSR count). The second kappa shape index (κ2) is 4.67. The minimum atomic E-state index is 0.0723. The summed E-state index contributed by atoms with van der Waals surface area (Å²) in [6.07, 6.45) is 5.02. The fourth-order valence-corrected chi connectivity index (χ4v) is 1.41. The van der Waals surface area contributed by atoms with E-state index in [-0.39, 0.29) is 5.54 Å². The topological polar surface area (TPSA) is 68.8 Å². The molecular weight excluding hydrogens is 218 g/mol. The lowest BCUT2D eigenvalue weighted by Crippen LogP contribution is -2.36. The van der Waals surface area contributed by atoms with Crippen LogP contribution in [0.25, 0.3) is 0 Å². The van der Waals surface area contributed by atoms with Crippen LogP contribution in [0.3, 0.4) is 0 Å². The molecule has 17 heavy (non-hydrogen) atoms. The van der Waals surface area contributed by atoms with E-state index < -0.39 is 0 Å². The number of hydrogen-bond donors (Lipinski definition) is 1. The smallest absolute Gasteiger partial charge is 0.213 e. The summed E-state index contributed by atoms with van der Waals surface area (Å²) in [5.74, 6) is 1.62. The van der Waals surface area contributed by atoms with Crippen LogP contribution in [0.4, 0.5) is 0 Å². The Morgan fingerprint density at radius 1 is 1.35 bits per heavy atom. The Labute approximate surface area is 100 Å². The second-order valence-electron chi connectivity index (χ2n) is 4.92. The summed E-state index contributed by atoms with van der Waals surface area (Å²) in [5.41, 5.74) is 0.0723. The van der Waals surface area contributed by atoms with Crippen molar-refractivity contribution in [1.29, 1.82) is 0 Å². The highest BCUT2D eigenvalue weighted by molar-refractivity contribution is 4.96. The first-order valence-corrected chi connectivity index (χ1v) is 5.55. The first-order chi connectivity index (χ1) is 8.04. The van der Waals surface area contributed by atoms with Gasteiger partial charge in [-0.05, 0) is 20.8 Å². The van der Waals surface area contributed by atoms with Gasteiger partial charge in [0.2, 0.25) is 6.39 Å². The molecule has 0 aliphatic heterocycles. The minimum absolute atomic E-state index is 0.0723. The molecule has 0 aliphatic carbocycles. The number of nitrogens with zero attached hydrogens (tertiary/aromatic N) is 4. The number of nitrogens with one attached hydrogen (secondary N) is 1. The Morgan fingerprint density at radius 2 is 2.18 bits per heavy atom. The fraction of sp³-hybridized carbons (Fsp3) is 0.545. The Hall–Kier alpha value is -1.69. The Bertz CT molecular complexity index is 454. The first-order valence-electron chi connectivity index (χ1n) is 5.55. The molecule has 2 heterocycles. The van der Waals surface area contributed by atoms with E-state index in [1.165, 1.54) is 6.39 Å². The second-order valence-corrected chi connectivity index (χ2v) is 4.92. The molecule has 0 amide bonds. The fourth-order valence-electron chi connectivity index (χ4n) is 1.41. The lowest BCUT2D eigenvalue weighted by molar-refractivity contribution is 0.402. The lowest BCUT2D eigenvalue weighted by atomic mass is 10.1. The molecule has 0 saturated heterocycles. The van der Waals surface area contributed by atoms with Crippen molar-refractivity contribution in [2.45, 2.75) is 39.4 Å². The van der Waals surface area contributed by atoms with Gasteiger partial charge in [-0.15, -0.1) is 0 Å². The van der Waals surface area contributed by atoms with Crippen LogP contribution in [0, 0.1) is 0 Å². The van der Waals surface area contributed by atoms with E-state index in [1.807, 2.05) is 10.8 Å². The SMILES string of the molecule is CC(C)(C)NCc1nccn1Cc1ncon1. The zero-order valence-corrected chi connectivity index (χ0v) is 10.3. The van der Waals surface area contributed by atoms with Gasteiger partial charge in [0.1, 0.15) is 5.82 Å². The standard InChI is InChI=1S/C11H17N5O/c1-11(2,3)14-6-10-12-4-5-16(10)7-9-13-8-17-15-9/h4-5,8,14H,6-7H2,1-3H3. The molecule has 0 radical (unpaired) electrons. The van der Waals surface area contributed by atoms with Crippen molar-refractivity contribution in [3.63, 3.8) is 0 Å². The van der Waals surface area contributed by atoms with Gasteiger partial charge in [0.05, 0.1) is 13.1 Å². The predicted molar refractivity (Wildman–Crippen MR) is 62.2 cm³/mol. The molecule has 0 saturated carbocycles. The summed E-state index contributed by atoms with van der Waals surface area (Å²) in [7, 11) is 0. The summed E-state index contributed by atoms with van der Waals surface area (Å²) < 4.78 is 6.71. The Kier molecular flexibility index (Phi) is 3.23. The van der Waals surface area contributed by atoms with Gasteiger partial charge in [0.25, 0.3) is 0 Å². The summed E-state index contributed by atoms with van der Waals surface area (Å²) in [4.78, 5) is 8.31. The molecule has 0 fully saturated rings. The van der Waals surface area contributed by atoms with Crippen LogP contribution in [0.15, 0.2) is 23.3 Å². The van der Waals surface area contributed by atoms with Gasteiger partial charge in [-0.3, -0.25) is 0 Å². The average molecular weight is 235 g/mol. The monoisotopic (exact) mass is 235 g/mol. The van der Waals surface area contributed by atoms with Crippen LogP contribution in [0.5, 0.6) is 0 Å². The molecule has 0 spiro atoms. The van der Waals surface area contributed by atoms with Crippen molar-refractivity contribution in [3.8, 4) is 0 Å². The van der Waals surface area contributed by atoms with E-state index >= 15 is 0 Å². The Morgan fingerprint density at radius 3 is 2.82 bits per heavy atom. The molecule has 2 aromatic heterocycles. The van der Waals surface area contributed by atoms with E-state index in [0.29, 0.717) is 18.9 Å². The van der Waals surface area contributed by atoms with E-state index in [4.69, 9.17) is 4.52 Å². The molecule has 6 nitrogen and oxygen atoms in total. The minimum Gasteiger partial charge on any atom is -0.343 e. The molecule has 0 aliphatic rings. The molecule has 1 N–H and O–H groups in total. The highest BCUT2D eigenvalue weighted by Crippen LogP contribution is 2.05. The van der Waals surface area contributed by atoms with E-state index in [1.54, 1.807) is 6.20 Å². The van der Waals surface area contributed by atoms with Crippen LogP contribution in [-0.2, 0) is 13.1 Å². The predicted octanol–water partition coefficient (Wildman–Crippen LogP) is 1.20. The number of aromatic nitrogens is 4. The number of imidazole rings is 1. The molecule has 0 atom stereocenters. The third kappa shape index (κ3) is 3.39. The third-order valence-corrected chi connectivity index (χ3v) is 2.30. The van der Waals surface area contributed by atoms with Crippen molar-refractivity contribution in [1.82, 2.24) is 25.0 Å². The first kappa shape index (κ1) is 11.8. The molecule has 0 aromatic carbocycles. The quantitative estimate of drug-likeness (QED) is 0.862. The number of hydrogen-bond acceptors (Lipinski definition) is 5. The summed E-state index contributed by atoms with van der Waals surface area (Å²) in [6.45, 7) is 7.67. The largest absolute Gasteiger partial charge is 0.343 e. The third-order valence-electron chi connectivity index (χ3n) is 2.30. The van der Waals surface area contributed by atoms with Crippen molar-refractivity contribution < 1.29 is 4.52 Å². The highest BCUT2D eigenvalue weighted by atomic mass is 16.5. The molecule has 6 heteroatoms. The van der Waals surface area contributed by atoms with Gasteiger partial charge >= 0.3 is 0 Å². The number of rotatable bonds is 4. The highest BCUT2D eigenvalue weighted by Gasteiger charge is 2.11. The van der Waals surface area contributed by atoms with E-state index in [0.717, 1.165) is 5.82 Å². The molecule has 92 valence electrons. The van der Waals surface area contributed by atoms with Crippen LogP contribution in [-0.4, -0.2) is 25.2 Å². The van der Waals surface area contributed by atoms with E-state index in [9.17, 15) is 0 Å². The lowest BCUT2D eigenvalue weighted by Gasteiger charge is -2.20. The normalized spacial score (nSPS) is 11.9. The van der Waals surface area contributed by atoms with Crippen molar-refractivity contribution >= 4 is 0 Å². The van der Waals surface area contributed by atoms with Crippen molar-refractivity contribution in [3.05, 3.63) is 30.4 Å². The molecule has 2 aromatic rings. The average Bonchev–Trinajstić information content (AvgIpc) is 2.86. The van der Waals surface area contributed by atoms with Crippen molar-refractivity contribution in [2.24, 2.45) is 0 Å². The van der Waals surface area contributed by atoms with Gasteiger partial charge in [-0.2, -0.15) is 4.98 Å². The summed E-state index contributed by atoms with van der Waals surface area (Å²) in [5, 5.41) is 7.18. The summed E-state index contributed by atoms with van der Waals surface area (Å²) >= 11 is 0. The van der Waals surface area contributed by atoms with Gasteiger partial charge in [-0.1, -0.05) is 5.16 Å². The van der Waals surface area contributed by atoms with Gasteiger partial charge in [-0.25, -0.2) is 4.98 Å². The van der Waals surface area contributed by atoms with Gasteiger partial charge in [0, 0.05) is 17.9 Å². The Balaban J connectivity index is 2.02. The van der Waals surface area contributed by atoms with E-state index in [2.05, 4.69) is 41.2 Å². The van der Waals surface area contributed by atoms with Crippen LogP contribution < -0.4 is 5.32 Å². The maximum atomic E-state index is 4.71. The molecule has 0 bridgehead atoms. The summed E-state index contributed by atoms with van der Waals surface area (Å²) in [6, 6.07) is 0. The zero-order valence-electron chi connectivity index (χ0n) is 10.3. The van der Waals surface area contributed by atoms with Gasteiger partial charge in [0.15, 0.2) is 5.82 Å². The van der Waals surface area contributed by atoms with Crippen molar-refractivity contribution in [2.75, 3.05) is 0 Å². The van der Waals surface area contributed by atoms with Gasteiger partial charge < -0.3 is 14.4 Å². The maximum absolute atomic E-state index is 4.71. The molecular formula is C11H17N5O. The maximum Gasteiger partial charge on any atom is 0.213 e. The van der Waals surface area contributed by atoms with Crippen LogP contribution >= 0.6 is 0 Å².